The molecule has 3 nitrogen and oxygen atoms in total. The summed E-state index contributed by atoms with van der Waals surface area (Å²) < 4.78 is 0. The SMILES string of the molecule is C=Cc1cc(-c2cc(C#N)cnc2CCC)ccn1. The van der Waals surface area contributed by atoms with E-state index in [-0.39, 0.29) is 0 Å². The van der Waals surface area contributed by atoms with Gasteiger partial charge in [0.2, 0.25) is 0 Å². The molecule has 0 aliphatic carbocycles. The van der Waals surface area contributed by atoms with E-state index in [1.54, 1.807) is 18.5 Å². The molecule has 2 aromatic rings. The van der Waals surface area contributed by atoms with Crippen LogP contribution in [-0.2, 0) is 6.42 Å². The molecule has 0 fully saturated rings. The molecule has 0 aliphatic heterocycles. The van der Waals surface area contributed by atoms with Crippen molar-refractivity contribution in [1.29, 1.82) is 5.26 Å². The van der Waals surface area contributed by atoms with Gasteiger partial charge in [-0.05, 0) is 36.3 Å². The summed E-state index contributed by atoms with van der Waals surface area (Å²) in [6, 6.07) is 7.92. The first-order valence-electron chi connectivity index (χ1n) is 6.26. The van der Waals surface area contributed by atoms with Crippen LogP contribution >= 0.6 is 0 Å². The average molecular weight is 249 g/mol. The van der Waals surface area contributed by atoms with Gasteiger partial charge < -0.3 is 0 Å². The molecule has 0 aliphatic rings. The maximum absolute atomic E-state index is 9.01. The lowest BCUT2D eigenvalue weighted by molar-refractivity contribution is 0.884. The zero-order valence-electron chi connectivity index (χ0n) is 10.9. The quantitative estimate of drug-likeness (QED) is 0.831. The number of nitriles is 1. The van der Waals surface area contributed by atoms with Crippen molar-refractivity contribution >= 4 is 6.08 Å². The molecule has 2 heterocycles. The second-order valence-electron chi connectivity index (χ2n) is 4.25. The molecular weight excluding hydrogens is 234 g/mol. The minimum absolute atomic E-state index is 0.576. The predicted molar refractivity (Wildman–Crippen MR) is 76.3 cm³/mol. The Hall–Kier alpha value is -2.47. The smallest absolute Gasteiger partial charge is 0.101 e. The Morgan fingerprint density at radius 1 is 1.37 bits per heavy atom. The first-order chi connectivity index (χ1) is 9.28. The van der Waals surface area contributed by atoms with Crippen molar-refractivity contribution in [3.63, 3.8) is 0 Å². The van der Waals surface area contributed by atoms with Gasteiger partial charge >= 0.3 is 0 Å². The summed E-state index contributed by atoms with van der Waals surface area (Å²) in [6.07, 6.45) is 7.01. The summed E-state index contributed by atoms with van der Waals surface area (Å²) >= 11 is 0. The molecule has 0 aromatic carbocycles. The Labute approximate surface area is 113 Å². The monoisotopic (exact) mass is 249 g/mol. The highest BCUT2D eigenvalue weighted by Gasteiger charge is 2.08. The molecule has 3 heteroatoms. The van der Waals surface area contributed by atoms with Gasteiger partial charge in [-0.25, -0.2) is 0 Å². The van der Waals surface area contributed by atoms with Gasteiger partial charge in [-0.3, -0.25) is 9.97 Å². The zero-order valence-corrected chi connectivity index (χ0v) is 10.9. The minimum atomic E-state index is 0.576. The van der Waals surface area contributed by atoms with Crippen LogP contribution in [-0.4, -0.2) is 9.97 Å². The van der Waals surface area contributed by atoms with E-state index in [1.165, 1.54) is 0 Å². The Balaban J connectivity index is 2.57. The van der Waals surface area contributed by atoms with E-state index in [1.807, 2.05) is 18.2 Å². The lowest BCUT2D eigenvalue weighted by Crippen LogP contribution is -1.96. The van der Waals surface area contributed by atoms with Gasteiger partial charge in [0.15, 0.2) is 0 Å². The minimum Gasteiger partial charge on any atom is -0.259 e. The molecule has 0 N–H and O–H groups in total. The predicted octanol–water partition coefficient (Wildman–Crippen LogP) is 3.61. The van der Waals surface area contributed by atoms with E-state index in [0.29, 0.717) is 5.56 Å². The number of rotatable bonds is 4. The molecule has 0 bridgehead atoms. The highest BCUT2D eigenvalue weighted by atomic mass is 14.7. The third-order valence-electron chi connectivity index (χ3n) is 2.89. The van der Waals surface area contributed by atoms with Crippen LogP contribution < -0.4 is 0 Å². The Kier molecular flexibility index (Phi) is 4.04. The van der Waals surface area contributed by atoms with Crippen molar-refractivity contribution in [2.75, 3.05) is 0 Å². The van der Waals surface area contributed by atoms with E-state index in [0.717, 1.165) is 35.4 Å². The number of hydrogen-bond donors (Lipinski definition) is 0. The maximum atomic E-state index is 9.01. The van der Waals surface area contributed by atoms with Gasteiger partial charge in [-0.2, -0.15) is 5.26 Å². The fourth-order valence-electron chi connectivity index (χ4n) is 1.97. The molecule has 2 aromatic heterocycles. The van der Waals surface area contributed by atoms with Gasteiger partial charge in [0, 0.05) is 23.7 Å². The number of aryl methyl sites for hydroxylation is 1. The van der Waals surface area contributed by atoms with E-state index in [9.17, 15) is 0 Å². The van der Waals surface area contributed by atoms with Gasteiger partial charge in [0.05, 0.1) is 11.3 Å². The number of aromatic nitrogens is 2. The summed E-state index contributed by atoms with van der Waals surface area (Å²) in [4.78, 5) is 8.60. The summed E-state index contributed by atoms with van der Waals surface area (Å²) in [5, 5.41) is 9.01. The zero-order chi connectivity index (χ0) is 13.7. The van der Waals surface area contributed by atoms with Gasteiger partial charge in [0.25, 0.3) is 0 Å². The highest BCUT2D eigenvalue weighted by Crippen LogP contribution is 2.25. The van der Waals surface area contributed by atoms with Crippen molar-refractivity contribution in [2.45, 2.75) is 19.8 Å². The van der Waals surface area contributed by atoms with Crippen LogP contribution in [0.15, 0.2) is 37.2 Å². The largest absolute Gasteiger partial charge is 0.259 e. The van der Waals surface area contributed by atoms with E-state index < -0.39 is 0 Å². The van der Waals surface area contributed by atoms with Crippen LogP contribution in [0.4, 0.5) is 0 Å². The highest BCUT2D eigenvalue weighted by molar-refractivity contribution is 5.69. The summed E-state index contributed by atoms with van der Waals surface area (Å²) in [6.45, 7) is 5.84. The van der Waals surface area contributed by atoms with E-state index in [4.69, 9.17) is 5.26 Å². The average Bonchev–Trinajstić information content (AvgIpc) is 2.48. The molecule has 94 valence electrons. The summed E-state index contributed by atoms with van der Waals surface area (Å²) in [5.74, 6) is 0. The van der Waals surface area contributed by atoms with Crippen LogP contribution in [0.3, 0.4) is 0 Å². The van der Waals surface area contributed by atoms with Gasteiger partial charge in [-0.1, -0.05) is 19.9 Å². The number of pyridine rings is 2. The molecule has 0 amide bonds. The topological polar surface area (TPSA) is 49.6 Å². The molecule has 0 unspecified atom stereocenters. The Morgan fingerprint density at radius 3 is 2.89 bits per heavy atom. The third kappa shape index (κ3) is 2.86. The van der Waals surface area contributed by atoms with Crippen LogP contribution in [0.5, 0.6) is 0 Å². The Morgan fingerprint density at radius 2 is 2.21 bits per heavy atom. The second kappa shape index (κ2) is 5.92. The fourth-order valence-corrected chi connectivity index (χ4v) is 1.97. The standard InChI is InChI=1S/C16H15N3/c1-3-5-16-15(8-12(10-17)11-19-16)13-6-7-18-14(4-2)9-13/h4,6-9,11H,2-3,5H2,1H3. The molecule has 0 saturated carbocycles. The lowest BCUT2D eigenvalue weighted by atomic mass is 10.00. The van der Waals surface area contributed by atoms with Gasteiger partial charge in [0.1, 0.15) is 6.07 Å². The fraction of sp³-hybridized carbons (Fsp3) is 0.188. The van der Waals surface area contributed by atoms with Crippen LogP contribution in [0.25, 0.3) is 17.2 Å². The molecule has 0 atom stereocenters. The van der Waals surface area contributed by atoms with Crippen molar-refractivity contribution < 1.29 is 0 Å². The second-order valence-corrected chi connectivity index (χ2v) is 4.25. The van der Waals surface area contributed by atoms with Gasteiger partial charge in [-0.15, -0.1) is 0 Å². The summed E-state index contributed by atoms with van der Waals surface area (Å²) in [5.41, 5.74) is 4.45. The molecule has 19 heavy (non-hydrogen) atoms. The van der Waals surface area contributed by atoms with Crippen LogP contribution in [0.1, 0.15) is 30.3 Å². The molecule has 0 saturated heterocycles. The normalized spacial score (nSPS) is 9.89. The van der Waals surface area contributed by atoms with Crippen molar-refractivity contribution in [3.05, 3.63) is 54.1 Å². The maximum Gasteiger partial charge on any atom is 0.101 e. The molecule has 2 rings (SSSR count). The first-order valence-corrected chi connectivity index (χ1v) is 6.26. The van der Waals surface area contributed by atoms with Crippen LogP contribution in [0.2, 0.25) is 0 Å². The first kappa shape index (κ1) is 13.0. The summed E-state index contributed by atoms with van der Waals surface area (Å²) in [7, 11) is 0. The molecular formula is C16H15N3. The molecule has 0 radical (unpaired) electrons. The third-order valence-corrected chi connectivity index (χ3v) is 2.89. The van der Waals surface area contributed by atoms with Crippen molar-refractivity contribution in [2.24, 2.45) is 0 Å². The van der Waals surface area contributed by atoms with Crippen LogP contribution in [0, 0.1) is 11.3 Å². The van der Waals surface area contributed by atoms with E-state index in [2.05, 4.69) is 29.5 Å². The van der Waals surface area contributed by atoms with Crippen molar-refractivity contribution in [1.82, 2.24) is 9.97 Å². The number of nitrogens with zero attached hydrogens (tertiary/aromatic N) is 3. The Bertz CT molecular complexity index is 639. The number of hydrogen-bond acceptors (Lipinski definition) is 3. The molecule has 0 spiro atoms. The van der Waals surface area contributed by atoms with Crippen molar-refractivity contribution in [3.8, 4) is 17.2 Å². The lowest BCUT2D eigenvalue weighted by Gasteiger charge is -2.09. The van der Waals surface area contributed by atoms with E-state index >= 15 is 0 Å².